The number of benzene rings is 4. The fourth-order valence-corrected chi connectivity index (χ4v) is 3.85. The van der Waals surface area contributed by atoms with E-state index in [2.05, 4.69) is 41.7 Å². The van der Waals surface area contributed by atoms with Gasteiger partial charge in [0.05, 0.1) is 23.0 Å². The number of aryl methyl sites for hydroxylation is 1. The molecule has 5 aromatic rings. The molecular weight excluding hydrogens is 446 g/mol. The lowest BCUT2D eigenvalue weighted by atomic mass is 10.0. The molecule has 5 heteroatoms. The second-order valence-electron chi connectivity index (χ2n) is 8.48. The number of hydrazone groups is 1. The number of amides is 1. The number of pyridine rings is 1. The van der Waals surface area contributed by atoms with Gasteiger partial charge in [0.2, 0.25) is 0 Å². The molecule has 0 saturated heterocycles. The lowest BCUT2D eigenvalue weighted by molar-refractivity contribution is 0.0956. The van der Waals surface area contributed by atoms with Crippen LogP contribution in [0.2, 0.25) is 0 Å². The zero-order valence-electron chi connectivity index (χ0n) is 19.9. The number of fused-ring (bicyclic) bond motifs is 1. The molecule has 1 heterocycles. The van der Waals surface area contributed by atoms with Crippen LogP contribution in [0.5, 0.6) is 5.75 Å². The second-order valence-corrected chi connectivity index (χ2v) is 8.48. The van der Waals surface area contributed by atoms with Gasteiger partial charge in [-0.25, -0.2) is 10.4 Å². The summed E-state index contributed by atoms with van der Waals surface area (Å²) in [4.78, 5) is 17.8. The Morgan fingerprint density at radius 2 is 1.61 bits per heavy atom. The molecule has 0 aliphatic carbocycles. The molecule has 0 aliphatic rings. The van der Waals surface area contributed by atoms with Gasteiger partial charge in [0.25, 0.3) is 5.91 Å². The van der Waals surface area contributed by atoms with Crippen LogP contribution in [-0.2, 0) is 6.61 Å². The molecule has 5 nitrogen and oxygen atoms in total. The monoisotopic (exact) mass is 471 g/mol. The number of nitrogens with one attached hydrogen (secondary N) is 1. The molecule has 0 saturated carbocycles. The highest BCUT2D eigenvalue weighted by molar-refractivity contribution is 6.07. The Bertz CT molecular complexity index is 1510. The van der Waals surface area contributed by atoms with Crippen LogP contribution in [0.3, 0.4) is 0 Å². The molecule has 0 fully saturated rings. The Labute approximate surface area is 210 Å². The van der Waals surface area contributed by atoms with E-state index < -0.39 is 0 Å². The van der Waals surface area contributed by atoms with Crippen molar-refractivity contribution in [3.63, 3.8) is 0 Å². The standard InChI is InChI=1S/C31H25N3O2/c1-22-11-13-24(14-12-22)21-36-26-17-15-23(16-18-26)20-32-34-31(35)28-19-30(25-7-3-2-4-8-25)33-29-10-6-5-9-27(28)29/h2-20H,21H2,1H3,(H,34,35)/b32-20+. The van der Waals surface area contributed by atoms with E-state index in [0.717, 1.165) is 39.0 Å². The van der Waals surface area contributed by atoms with Crippen molar-refractivity contribution in [1.82, 2.24) is 10.4 Å². The summed E-state index contributed by atoms with van der Waals surface area (Å²) in [6.07, 6.45) is 1.61. The Hall–Kier alpha value is -4.77. The molecule has 0 aliphatic heterocycles. The summed E-state index contributed by atoms with van der Waals surface area (Å²) in [5.74, 6) is 0.480. The minimum Gasteiger partial charge on any atom is -0.489 e. The highest BCUT2D eigenvalue weighted by Crippen LogP contribution is 2.24. The summed E-state index contributed by atoms with van der Waals surface area (Å²) < 4.78 is 5.86. The Morgan fingerprint density at radius 3 is 2.39 bits per heavy atom. The number of ether oxygens (including phenoxy) is 1. The molecule has 36 heavy (non-hydrogen) atoms. The van der Waals surface area contributed by atoms with Gasteiger partial charge in [-0.15, -0.1) is 0 Å². The first-order valence-corrected chi connectivity index (χ1v) is 11.7. The quantitative estimate of drug-likeness (QED) is 0.216. The van der Waals surface area contributed by atoms with Gasteiger partial charge >= 0.3 is 0 Å². The summed E-state index contributed by atoms with van der Waals surface area (Å²) in [6, 6.07) is 35.1. The predicted molar refractivity (Wildman–Crippen MR) is 144 cm³/mol. The number of rotatable bonds is 7. The average molecular weight is 472 g/mol. The minimum absolute atomic E-state index is 0.292. The highest BCUT2D eigenvalue weighted by atomic mass is 16.5. The van der Waals surface area contributed by atoms with Crippen LogP contribution < -0.4 is 10.2 Å². The first-order valence-electron chi connectivity index (χ1n) is 11.7. The molecule has 0 atom stereocenters. The largest absolute Gasteiger partial charge is 0.489 e. The smallest absolute Gasteiger partial charge is 0.272 e. The number of carbonyl (C=O) groups excluding carboxylic acids is 1. The Balaban J connectivity index is 1.27. The molecule has 1 aromatic heterocycles. The normalized spacial score (nSPS) is 11.0. The lowest BCUT2D eigenvalue weighted by Gasteiger charge is -2.09. The van der Waals surface area contributed by atoms with Gasteiger partial charge in [0.15, 0.2) is 0 Å². The van der Waals surface area contributed by atoms with Gasteiger partial charge < -0.3 is 4.74 Å². The summed E-state index contributed by atoms with van der Waals surface area (Å²) in [5, 5.41) is 4.95. The van der Waals surface area contributed by atoms with Gasteiger partial charge in [-0.05, 0) is 54.4 Å². The van der Waals surface area contributed by atoms with Crippen LogP contribution in [0.15, 0.2) is 114 Å². The van der Waals surface area contributed by atoms with E-state index in [-0.39, 0.29) is 5.91 Å². The fraction of sp³-hybridized carbons (Fsp3) is 0.0645. The molecule has 0 unspecified atom stereocenters. The average Bonchev–Trinajstić information content (AvgIpc) is 2.93. The third-order valence-corrected chi connectivity index (χ3v) is 5.82. The zero-order chi connectivity index (χ0) is 24.7. The molecule has 0 bridgehead atoms. The van der Waals surface area contributed by atoms with Crippen LogP contribution in [0.25, 0.3) is 22.2 Å². The summed E-state index contributed by atoms with van der Waals surface area (Å²) in [6.45, 7) is 2.57. The first kappa shape index (κ1) is 23.0. The van der Waals surface area contributed by atoms with Crippen molar-refractivity contribution < 1.29 is 9.53 Å². The van der Waals surface area contributed by atoms with E-state index in [9.17, 15) is 4.79 Å². The molecular formula is C31H25N3O2. The van der Waals surface area contributed by atoms with Crippen molar-refractivity contribution in [3.05, 3.63) is 131 Å². The van der Waals surface area contributed by atoms with E-state index in [1.165, 1.54) is 5.56 Å². The van der Waals surface area contributed by atoms with Crippen LogP contribution >= 0.6 is 0 Å². The molecule has 4 aromatic carbocycles. The number of aromatic nitrogens is 1. The van der Waals surface area contributed by atoms with E-state index in [1.54, 1.807) is 6.21 Å². The fourth-order valence-electron chi connectivity index (χ4n) is 3.85. The van der Waals surface area contributed by atoms with Gasteiger partial charge in [-0.1, -0.05) is 78.4 Å². The zero-order valence-corrected chi connectivity index (χ0v) is 19.9. The van der Waals surface area contributed by atoms with Gasteiger partial charge in [-0.2, -0.15) is 5.10 Å². The molecule has 5 rings (SSSR count). The maximum absolute atomic E-state index is 13.1. The number of hydrogen-bond donors (Lipinski definition) is 1. The third-order valence-electron chi connectivity index (χ3n) is 5.82. The third kappa shape index (κ3) is 5.47. The van der Waals surface area contributed by atoms with E-state index in [4.69, 9.17) is 9.72 Å². The van der Waals surface area contributed by atoms with Crippen molar-refractivity contribution in [1.29, 1.82) is 0 Å². The van der Waals surface area contributed by atoms with Crippen LogP contribution in [0, 0.1) is 6.92 Å². The van der Waals surface area contributed by atoms with Crippen molar-refractivity contribution in [2.45, 2.75) is 13.5 Å². The van der Waals surface area contributed by atoms with E-state index >= 15 is 0 Å². The van der Waals surface area contributed by atoms with Crippen LogP contribution in [-0.4, -0.2) is 17.1 Å². The molecule has 1 amide bonds. The molecule has 176 valence electrons. The summed E-state index contributed by atoms with van der Waals surface area (Å²) in [7, 11) is 0. The van der Waals surface area contributed by atoms with E-state index in [1.807, 2.05) is 84.9 Å². The SMILES string of the molecule is Cc1ccc(COc2ccc(/C=N/NC(=O)c3cc(-c4ccccc4)nc4ccccc34)cc2)cc1. The van der Waals surface area contributed by atoms with E-state index in [0.29, 0.717) is 12.2 Å². The first-order chi connectivity index (χ1) is 17.7. The number of para-hydroxylation sites is 1. The lowest BCUT2D eigenvalue weighted by Crippen LogP contribution is -2.18. The molecule has 0 radical (unpaired) electrons. The molecule has 0 spiro atoms. The van der Waals surface area contributed by atoms with Crippen molar-refractivity contribution in [2.24, 2.45) is 5.10 Å². The van der Waals surface area contributed by atoms with Crippen LogP contribution in [0.4, 0.5) is 0 Å². The summed E-state index contributed by atoms with van der Waals surface area (Å²) in [5.41, 5.74) is 8.82. The van der Waals surface area contributed by atoms with Gasteiger partial charge in [0.1, 0.15) is 12.4 Å². The highest BCUT2D eigenvalue weighted by Gasteiger charge is 2.13. The van der Waals surface area contributed by atoms with Crippen LogP contribution in [0.1, 0.15) is 27.0 Å². The predicted octanol–water partition coefficient (Wildman–Crippen LogP) is 6.55. The number of nitrogens with zero attached hydrogens (tertiary/aromatic N) is 2. The Kier molecular flexibility index (Phi) is 6.81. The number of carbonyl (C=O) groups is 1. The molecule has 1 N–H and O–H groups in total. The number of hydrogen-bond acceptors (Lipinski definition) is 4. The summed E-state index contributed by atoms with van der Waals surface area (Å²) >= 11 is 0. The second kappa shape index (κ2) is 10.7. The van der Waals surface area contributed by atoms with Crippen molar-refractivity contribution >= 4 is 23.0 Å². The van der Waals surface area contributed by atoms with Crippen molar-refractivity contribution in [2.75, 3.05) is 0 Å². The topological polar surface area (TPSA) is 63.6 Å². The van der Waals surface area contributed by atoms with Gasteiger partial charge in [0, 0.05) is 10.9 Å². The van der Waals surface area contributed by atoms with Crippen molar-refractivity contribution in [3.8, 4) is 17.0 Å². The minimum atomic E-state index is -0.292. The maximum Gasteiger partial charge on any atom is 0.272 e. The Morgan fingerprint density at radius 1 is 0.889 bits per heavy atom. The van der Waals surface area contributed by atoms with Gasteiger partial charge in [-0.3, -0.25) is 4.79 Å². The maximum atomic E-state index is 13.1.